The normalized spacial score (nSPS) is 15.4. The Hall–Kier alpha value is -2.92. The fourth-order valence-electron chi connectivity index (χ4n) is 2.68. The molecule has 0 radical (unpaired) electrons. The average molecular weight is 360 g/mol. The Labute approximate surface area is 155 Å². The second-order valence-electron chi connectivity index (χ2n) is 6.04. The molecule has 0 aliphatic carbocycles. The van der Waals surface area contributed by atoms with Crippen LogP contribution in [-0.2, 0) is 9.53 Å². The topological polar surface area (TPSA) is 51.5 Å². The summed E-state index contributed by atoms with van der Waals surface area (Å²) in [6.45, 7) is 3.73. The Kier molecular flexibility index (Phi) is 4.31. The molecule has 0 amide bonds. The van der Waals surface area contributed by atoms with Crippen molar-refractivity contribution in [3.63, 3.8) is 0 Å². The highest BCUT2D eigenvalue weighted by Crippen LogP contribution is 2.33. The number of fused-ring (bicyclic) bond motifs is 1. The molecule has 0 saturated heterocycles. The standard InChI is InChI=1S/C21H16N2O2S/c1-13-7-9-17(10-8-13)26-20-16(12-19-21(24)25-14(2)22-19)11-15-5-3-4-6-18(15)23-20/h3-12H,1-2H3/b19-12+. The smallest absolute Gasteiger partial charge is 0.363 e. The van der Waals surface area contributed by atoms with E-state index >= 15 is 0 Å². The Bertz CT molecular complexity index is 1070. The molecule has 0 fully saturated rings. The predicted octanol–water partition coefficient (Wildman–Crippen LogP) is 5.01. The minimum Gasteiger partial charge on any atom is -0.407 e. The summed E-state index contributed by atoms with van der Waals surface area (Å²) in [6, 6.07) is 18.2. The van der Waals surface area contributed by atoms with Gasteiger partial charge in [0.05, 0.1) is 5.52 Å². The zero-order chi connectivity index (χ0) is 18.1. The molecule has 0 saturated carbocycles. The van der Waals surface area contributed by atoms with Gasteiger partial charge in [0, 0.05) is 22.8 Å². The van der Waals surface area contributed by atoms with Gasteiger partial charge in [-0.1, -0.05) is 47.7 Å². The van der Waals surface area contributed by atoms with Gasteiger partial charge in [-0.2, -0.15) is 0 Å². The molecule has 4 rings (SSSR count). The molecule has 0 atom stereocenters. The number of hydrogen-bond donors (Lipinski definition) is 0. The van der Waals surface area contributed by atoms with Crippen LogP contribution in [0, 0.1) is 6.92 Å². The Morgan fingerprint density at radius 2 is 1.81 bits per heavy atom. The number of para-hydroxylation sites is 1. The highest BCUT2D eigenvalue weighted by atomic mass is 32.2. The van der Waals surface area contributed by atoms with E-state index in [-0.39, 0.29) is 0 Å². The lowest BCUT2D eigenvalue weighted by Crippen LogP contribution is -2.00. The summed E-state index contributed by atoms with van der Waals surface area (Å²) < 4.78 is 5.02. The molecule has 1 aliphatic rings. The highest BCUT2D eigenvalue weighted by molar-refractivity contribution is 7.99. The molecule has 5 heteroatoms. The summed E-state index contributed by atoms with van der Waals surface area (Å²) in [5.74, 6) is -0.0651. The van der Waals surface area contributed by atoms with E-state index in [0.717, 1.165) is 26.4 Å². The fourth-order valence-corrected chi connectivity index (χ4v) is 3.56. The van der Waals surface area contributed by atoms with Crippen molar-refractivity contribution >= 4 is 40.6 Å². The van der Waals surface area contributed by atoms with E-state index in [1.807, 2.05) is 30.3 Å². The highest BCUT2D eigenvalue weighted by Gasteiger charge is 2.20. The van der Waals surface area contributed by atoms with Crippen LogP contribution < -0.4 is 0 Å². The van der Waals surface area contributed by atoms with Gasteiger partial charge in [0.25, 0.3) is 0 Å². The number of cyclic esters (lactones) is 1. The molecule has 4 nitrogen and oxygen atoms in total. The molecule has 128 valence electrons. The van der Waals surface area contributed by atoms with Crippen molar-refractivity contribution in [3.05, 3.63) is 71.4 Å². The van der Waals surface area contributed by atoms with Crippen LogP contribution in [-0.4, -0.2) is 16.9 Å². The monoisotopic (exact) mass is 360 g/mol. The summed E-state index contributed by atoms with van der Waals surface area (Å²) in [4.78, 5) is 22.0. The number of carbonyl (C=O) groups excluding carboxylic acids is 1. The number of nitrogens with zero attached hydrogens (tertiary/aromatic N) is 2. The van der Waals surface area contributed by atoms with E-state index in [1.54, 1.807) is 24.8 Å². The van der Waals surface area contributed by atoms with Gasteiger partial charge in [0.15, 0.2) is 11.6 Å². The molecule has 26 heavy (non-hydrogen) atoms. The maximum absolute atomic E-state index is 11.9. The van der Waals surface area contributed by atoms with Crippen molar-refractivity contribution in [2.75, 3.05) is 0 Å². The first-order valence-corrected chi connectivity index (χ1v) is 9.03. The molecule has 3 aromatic rings. The van der Waals surface area contributed by atoms with Crippen LogP contribution in [0.2, 0.25) is 0 Å². The van der Waals surface area contributed by atoms with E-state index in [4.69, 9.17) is 9.72 Å². The van der Waals surface area contributed by atoms with Crippen molar-refractivity contribution in [1.82, 2.24) is 4.98 Å². The molecule has 0 unspecified atom stereocenters. The summed E-state index contributed by atoms with van der Waals surface area (Å²) in [6.07, 6.45) is 1.74. The Morgan fingerprint density at radius 1 is 1.04 bits per heavy atom. The second kappa shape index (κ2) is 6.77. The molecular formula is C21H16N2O2S. The molecule has 1 aromatic heterocycles. The summed E-state index contributed by atoms with van der Waals surface area (Å²) in [7, 11) is 0. The van der Waals surface area contributed by atoms with Crippen LogP contribution in [0.1, 0.15) is 18.1 Å². The van der Waals surface area contributed by atoms with Crippen molar-refractivity contribution < 1.29 is 9.53 Å². The van der Waals surface area contributed by atoms with Crippen LogP contribution in [0.4, 0.5) is 0 Å². The molecule has 0 N–H and O–H groups in total. The van der Waals surface area contributed by atoms with Crippen molar-refractivity contribution in [1.29, 1.82) is 0 Å². The Balaban J connectivity index is 1.82. The summed E-state index contributed by atoms with van der Waals surface area (Å²) in [5.41, 5.74) is 3.27. The van der Waals surface area contributed by atoms with E-state index in [9.17, 15) is 4.79 Å². The minimum atomic E-state index is -0.429. The van der Waals surface area contributed by atoms with Crippen LogP contribution in [0.15, 0.2) is 75.2 Å². The van der Waals surface area contributed by atoms with Crippen LogP contribution >= 0.6 is 11.8 Å². The molecular weight excluding hydrogens is 344 g/mol. The van der Waals surface area contributed by atoms with Crippen molar-refractivity contribution in [2.45, 2.75) is 23.8 Å². The first kappa shape index (κ1) is 16.5. The first-order chi connectivity index (χ1) is 12.6. The van der Waals surface area contributed by atoms with Gasteiger partial charge >= 0.3 is 5.97 Å². The zero-order valence-corrected chi connectivity index (χ0v) is 15.2. The second-order valence-corrected chi connectivity index (χ2v) is 7.10. The number of pyridine rings is 1. The number of carbonyl (C=O) groups is 1. The number of ether oxygens (including phenoxy) is 1. The fraction of sp³-hybridized carbons (Fsp3) is 0.0952. The van der Waals surface area contributed by atoms with Gasteiger partial charge in [-0.15, -0.1) is 0 Å². The van der Waals surface area contributed by atoms with E-state index in [1.165, 1.54) is 5.56 Å². The first-order valence-electron chi connectivity index (χ1n) is 8.22. The molecule has 0 spiro atoms. The number of rotatable bonds is 3. The number of aliphatic imine (C=N–C) groups is 1. The maximum atomic E-state index is 11.9. The van der Waals surface area contributed by atoms with Crippen LogP contribution in [0.5, 0.6) is 0 Å². The lowest BCUT2D eigenvalue weighted by atomic mass is 10.1. The number of aryl methyl sites for hydroxylation is 1. The predicted molar refractivity (Wildman–Crippen MR) is 104 cm³/mol. The van der Waals surface area contributed by atoms with Gasteiger partial charge < -0.3 is 4.74 Å². The maximum Gasteiger partial charge on any atom is 0.363 e. The minimum absolute atomic E-state index is 0.297. The van der Waals surface area contributed by atoms with Crippen molar-refractivity contribution in [3.8, 4) is 0 Å². The van der Waals surface area contributed by atoms with Crippen LogP contribution in [0.25, 0.3) is 17.0 Å². The van der Waals surface area contributed by atoms with Gasteiger partial charge in [-0.05, 0) is 37.3 Å². The van der Waals surface area contributed by atoms with Gasteiger partial charge in [-0.3, -0.25) is 0 Å². The third kappa shape index (κ3) is 3.39. The van der Waals surface area contributed by atoms with Gasteiger partial charge in [0.2, 0.25) is 0 Å². The van der Waals surface area contributed by atoms with E-state index in [2.05, 4.69) is 36.2 Å². The summed E-state index contributed by atoms with van der Waals surface area (Å²) in [5, 5.41) is 1.84. The van der Waals surface area contributed by atoms with E-state index in [0.29, 0.717) is 11.6 Å². The van der Waals surface area contributed by atoms with E-state index < -0.39 is 5.97 Å². The number of benzene rings is 2. The number of esters is 1. The summed E-state index contributed by atoms with van der Waals surface area (Å²) >= 11 is 1.57. The third-order valence-electron chi connectivity index (χ3n) is 3.97. The molecule has 2 aromatic carbocycles. The van der Waals surface area contributed by atoms with Crippen molar-refractivity contribution in [2.24, 2.45) is 4.99 Å². The van der Waals surface area contributed by atoms with Crippen LogP contribution in [0.3, 0.4) is 0 Å². The molecule has 0 bridgehead atoms. The van der Waals surface area contributed by atoms with Gasteiger partial charge in [-0.25, -0.2) is 14.8 Å². The average Bonchev–Trinajstić information content (AvgIpc) is 2.94. The quantitative estimate of drug-likeness (QED) is 0.487. The molecule has 1 aliphatic heterocycles. The third-order valence-corrected chi connectivity index (χ3v) is 5.00. The van der Waals surface area contributed by atoms with Gasteiger partial charge in [0.1, 0.15) is 5.03 Å². The number of aromatic nitrogens is 1. The Morgan fingerprint density at radius 3 is 2.54 bits per heavy atom. The lowest BCUT2D eigenvalue weighted by Gasteiger charge is -2.08. The lowest BCUT2D eigenvalue weighted by molar-refractivity contribution is -0.130. The number of hydrogen-bond acceptors (Lipinski definition) is 5. The SMILES string of the molecule is CC1=N/C(=C/c2cc3ccccc3nc2Sc2ccc(C)cc2)C(=O)O1. The molecule has 2 heterocycles. The largest absolute Gasteiger partial charge is 0.407 e. The zero-order valence-electron chi connectivity index (χ0n) is 14.4.